The normalized spacial score (nSPS) is 12.5. The zero-order valence-electron chi connectivity index (χ0n) is 6.05. The molecule has 1 N–H and O–H groups in total. The number of aliphatic hydroxyl groups is 1. The largest absolute Gasteiger partial charge is 0.388 e. The number of nitrogens with zero attached hydrogens (tertiary/aromatic N) is 2. The van der Waals surface area contributed by atoms with Crippen LogP contribution < -0.4 is 0 Å². The van der Waals surface area contributed by atoms with Crippen LogP contribution in [0.25, 0.3) is 0 Å². The maximum atomic E-state index is 12.4. The van der Waals surface area contributed by atoms with Gasteiger partial charge in [-0.25, -0.2) is 8.78 Å². The van der Waals surface area contributed by atoms with E-state index in [1.165, 1.54) is 0 Å². The third-order valence-electron chi connectivity index (χ3n) is 1.17. The first-order chi connectivity index (χ1) is 5.98. The Labute approximate surface area is 69.2 Å². The van der Waals surface area contributed by atoms with E-state index >= 15 is 0 Å². The van der Waals surface area contributed by atoms with Crippen LogP contribution in [0.1, 0.15) is 11.7 Å². The number of hydrogen-bond donors (Lipinski definition) is 1. The van der Waals surface area contributed by atoms with Gasteiger partial charge in [-0.1, -0.05) is 5.16 Å². The van der Waals surface area contributed by atoms with Crippen LogP contribution in [0.15, 0.2) is 4.52 Å². The molecule has 1 rings (SSSR count). The summed E-state index contributed by atoms with van der Waals surface area (Å²) < 4.78 is 52.0. The summed E-state index contributed by atoms with van der Waals surface area (Å²) in [6.07, 6.45) is -3.92. The molecule has 0 amide bonds. The van der Waals surface area contributed by atoms with Gasteiger partial charge in [0.05, 0.1) is 0 Å². The Morgan fingerprint density at radius 2 is 2.08 bits per heavy atom. The lowest BCUT2D eigenvalue weighted by Crippen LogP contribution is -2.24. The van der Waals surface area contributed by atoms with Crippen LogP contribution in [0.3, 0.4) is 0 Å². The average molecular weight is 200 g/mol. The third kappa shape index (κ3) is 1.77. The fourth-order valence-corrected chi connectivity index (χ4v) is 0.547. The van der Waals surface area contributed by atoms with Gasteiger partial charge in [-0.3, -0.25) is 0 Å². The van der Waals surface area contributed by atoms with Crippen LogP contribution in [0.4, 0.5) is 17.6 Å². The third-order valence-corrected chi connectivity index (χ3v) is 1.17. The molecule has 0 aliphatic rings. The minimum absolute atomic E-state index is 0.463. The molecule has 74 valence electrons. The van der Waals surface area contributed by atoms with Crippen LogP contribution in [0.5, 0.6) is 0 Å². The van der Waals surface area contributed by atoms with Gasteiger partial charge in [0.2, 0.25) is 0 Å². The maximum Gasteiger partial charge on any atom is 0.383 e. The average Bonchev–Trinajstić information content (AvgIpc) is 2.51. The number of halogens is 4. The second-order valence-electron chi connectivity index (χ2n) is 2.10. The van der Waals surface area contributed by atoms with Gasteiger partial charge in [0, 0.05) is 0 Å². The summed E-state index contributed by atoms with van der Waals surface area (Å²) >= 11 is 0. The van der Waals surface area contributed by atoms with Gasteiger partial charge in [-0.05, 0) is 0 Å². The quantitative estimate of drug-likeness (QED) is 0.737. The first-order valence-electron chi connectivity index (χ1n) is 3.08. The SMILES string of the molecule is OCc1noc(C(F)(F)C(F)F)n1. The van der Waals surface area contributed by atoms with Crippen LogP contribution in [0.2, 0.25) is 0 Å². The van der Waals surface area contributed by atoms with Crippen molar-refractivity contribution in [1.82, 2.24) is 10.1 Å². The van der Waals surface area contributed by atoms with E-state index in [1.807, 2.05) is 0 Å². The number of hydrogen-bond acceptors (Lipinski definition) is 4. The lowest BCUT2D eigenvalue weighted by molar-refractivity contribution is -0.152. The Balaban J connectivity index is 2.93. The molecular formula is C5H4F4N2O2. The highest BCUT2D eigenvalue weighted by Gasteiger charge is 2.48. The van der Waals surface area contributed by atoms with Gasteiger partial charge >= 0.3 is 18.2 Å². The molecule has 0 aromatic carbocycles. The number of aromatic nitrogens is 2. The zero-order valence-corrected chi connectivity index (χ0v) is 6.05. The van der Waals surface area contributed by atoms with Crippen molar-refractivity contribution in [2.45, 2.75) is 19.0 Å². The molecule has 13 heavy (non-hydrogen) atoms. The van der Waals surface area contributed by atoms with Crippen molar-refractivity contribution in [3.05, 3.63) is 11.7 Å². The predicted molar refractivity (Wildman–Crippen MR) is 30.1 cm³/mol. The van der Waals surface area contributed by atoms with E-state index in [0.29, 0.717) is 0 Å². The van der Waals surface area contributed by atoms with Gasteiger partial charge in [-0.2, -0.15) is 13.8 Å². The second-order valence-corrected chi connectivity index (χ2v) is 2.10. The molecule has 0 atom stereocenters. The predicted octanol–water partition coefficient (Wildman–Crippen LogP) is 0.919. The molecular weight excluding hydrogens is 196 g/mol. The standard InChI is InChI=1S/C5H4F4N2O2/c6-3(7)5(8,9)4-10-2(1-12)11-13-4/h3,12H,1H2. The molecule has 0 aliphatic heterocycles. The monoisotopic (exact) mass is 200 g/mol. The molecule has 1 aromatic heterocycles. The maximum absolute atomic E-state index is 12.4. The van der Waals surface area contributed by atoms with E-state index in [0.717, 1.165) is 0 Å². The molecule has 0 saturated carbocycles. The zero-order chi connectivity index (χ0) is 10.1. The van der Waals surface area contributed by atoms with Crippen molar-refractivity contribution < 1.29 is 27.2 Å². The van der Waals surface area contributed by atoms with Crippen LogP contribution in [-0.4, -0.2) is 21.7 Å². The highest BCUT2D eigenvalue weighted by molar-refractivity contribution is 4.94. The molecule has 8 heteroatoms. The Morgan fingerprint density at radius 3 is 2.46 bits per heavy atom. The fraction of sp³-hybridized carbons (Fsp3) is 0.600. The Hall–Kier alpha value is -1.18. The summed E-state index contributed by atoms with van der Waals surface area (Å²) in [6, 6.07) is 0. The molecule has 0 aliphatic carbocycles. The van der Waals surface area contributed by atoms with E-state index < -0.39 is 30.7 Å². The molecule has 0 unspecified atom stereocenters. The van der Waals surface area contributed by atoms with E-state index in [9.17, 15) is 17.6 Å². The van der Waals surface area contributed by atoms with Crippen molar-refractivity contribution in [3.63, 3.8) is 0 Å². The van der Waals surface area contributed by atoms with Crippen molar-refractivity contribution in [3.8, 4) is 0 Å². The number of aliphatic hydroxyl groups excluding tert-OH is 1. The molecule has 0 bridgehead atoms. The summed E-state index contributed by atoms with van der Waals surface area (Å²) in [7, 11) is 0. The minimum Gasteiger partial charge on any atom is -0.388 e. The van der Waals surface area contributed by atoms with E-state index in [2.05, 4.69) is 14.7 Å². The first kappa shape index (κ1) is 9.90. The molecule has 4 nitrogen and oxygen atoms in total. The minimum atomic E-state index is -4.47. The van der Waals surface area contributed by atoms with Crippen molar-refractivity contribution >= 4 is 0 Å². The van der Waals surface area contributed by atoms with Crippen LogP contribution in [0, 0.1) is 0 Å². The topological polar surface area (TPSA) is 59.2 Å². The van der Waals surface area contributed by atoms with Gasteiger partial charge in [0.1, 0.15) is 6.61 Å². The lowest BCUT2D eigenvalue weighted by atomic mass is 10.3. The van der Waals surface area contributed by atoms with Crippen LogP contribution in [-0.2, 0) is 12.5 Å². The molecule has 0 saturated heterocycles. The summed E-state index contributed by atoms with van der Waals surface area (Å²) in [4.78, 5) is 2.86. The summed E-state index contributed by atoms with van der Waals surface area (Å²) in [5, 5.41) is 11.2. The molecule has 0 fully saturated rings. The summed E-state index contributed by atoms with van der Waals surface area (Å²) in [5.41, 5.74) is 0. The first-order valence-corrected chi connectivity index (χ1v) is 3.08. The highest BCUT2D eigenvalue weighted by Crippen LogP contribution is 2.32. The molecule has 0 spiro atoms. The highest BCUT2D eigenvalue weighted by atomic mass is 19.3. The van der Waals surface area contributed by atoms with Gasteiger partial charge in [-0.15, -0.1) is 0 Å². The Morgan fingerprint density at radius 1 is 1.46 bits per heavy atom. The Bertz CT molecular complexity index is 288. The smallest absolute Gasteiger partial charge is 0.383 e. The van der Waals surface area contributed by atoms with Gasteiger partial charge in [0.15, 0.2) is 5.82 Å². The fourth-order valence-electron chi connectivity index (χ4n) is 0.547. The van der Waals surface area contributed by atoms with Crippen molar-refractivity contribution in [1.29, 1.82) is 0 Å². The van der Waals surface area contributed by atoms with Gasteiger partial charge in [0.25, 0.3) is 0 Å². The van der Waals surface area contributed by atoms with Crippen LogP contribution >= 0.6 is 0 Å². The van der Waals surface area contributed by atoms with Crippen molar-refractivity contribution in [2.75, 3.05) is 0 Å². The molecule has 1 aromatic rings. The molecule has 0 radical (unpaired) electrons. The van der Waals surface area contributed by atoms with E-state index in [1.54, 1.807) is 0 Å². The lowest BCUT2D eigenvalue weighted by Gasteiger charge is -2.08. The van der Waals surface area contributed by atoms with Crippen molar-refractivity contribution in [2.24, 2.45) is 0 Å². The summed E-state index contributed by atoms with van der Waals surface area (Å²) in [6.45, 7) is -0.747. The van der Waals surface area contributed by atoms with E-state index in [-0.39, 0.29) is 0 Å². The summed E-state index contributed by atoms with van der Waals surface area (Å²) in [5.74, 6) is -6.43. The second kappa shape index (κ2) is 3.29. The van der Waals surface area contributed by atoms with E-state index in [4.69, 9.17) is 5.11 Å². The number of alkyl halides is 4. The number of rotatable bonds is 3. The van der Waals surface area contributed by atoms with Gasteiger partial charge < -0.3 is 9.63 Å². The molecule has 1 heterocycles. The Kier molecular flexibility index (Phi) is 2.50.